The van der Waals surface area contributed by atoms with E-state index in [4.69, 9.17) is 15.0 Å². The van der Waals surface area contributed by atoms with Gasteiger partial charge in [0.2, 0.25) is 0 Å². The molecule has 0 unspecified atom stereocenters. The maximum Gasteiger partial charge on any atom is 0.187 e. The van der Waals surface area contributed by atoms with Crippen molar-refractivity contribution in [2.75, 3.05) is 7.11 Å². The molecule has 0 saturated heterocycles. The van der Waals surface area contributed by atoms with Crippen LogP contribution in [0.25, 0.3) is 16.9 Å². The molecule has 2 heterocycles. The Hall–Kier alpha value is -3.98. The second-order valence-electron chi connectivity index (χ2n) is 5.81. The predicted molar refractivity (Wildman–Crippen MR) is 103 cm³/mol. The smallest absolute Gasteiger partial charge is 0.187 e. The van der Waals surface area contributed by atoms with Crippen molar-refractivity contribution >= 4 is 17.2 Å². The van der Waals surface area contributed by atoms with E-state index in [-0.39, 0.29) is 0 Å². The van der Waals surface area contributed by atoms with Crippen LogP contribution >= 0.6 is 0 Å². The topological polar surface area (TPSA) is 75.0 Å². The van der Waals surface area contributed by atoms with Crippen LogP contribution in [0.5, 0.6) is 5.75 Å². The van der Waals surface area contributed by atoms with Gasteiger partial charge in [-0.15, -0.1) is 10.2 Å². The van der Waals surface area contributed by atoms with E-state index in [0.29, 0.717) is 22.8 Å². The number of azo groups is 1. The normalized spacial score (nSPS) is 11.0. The van der Waals surface area contributed by atoms with Crippen molar-refractivity contribution in [1.82, 2.24) is 9.38 Å². The maximum atomic E-state index is 9.05. The summed E-state index contributed by atoms with van der Waals surface area (Å²) in [7, 11) is 1.63. The molecule has 0 spiro atoms. The molecule has 0 bridgehead atoms. The minimum atomic E-state index is 0.539. The van der Waals surface area contributed by atoms with Crippen LogP contribution in [0.3, 0.4) is 0 Å². The van der Waals surface area contributed by atoms with E-state index in [1.54, 1.807) is 31.4 Å². The molecular formula is C21H15N5O. The highest BCUT2D eigenvalue weighted by atomic mass is 16.5. The lowest BCUT2D eigenvalue weighted by molar-refractivity contribution is 0.415. The van der Waals surface area contributed by atoms with E-state index in [2.05, 4.69) is 16.3 Å². The van der Waals surface area contributed by atoms with Crippen LogP contribution < -0.4 is 4.74 Å². The number of imidazole rings is 1. The van der Waals surface area contributed by atoms with Gasteiger partial charge in [0.05, 0.1) is 24.4 Å². The van der Waals surface area contributed by atoms with Crippen molar-refractivity contribution in [3.8, 4) is 23.1 Å². The van der Waals surface area contributed by atoms with Crippen molar-refractivity contribution in [3.63, 3.8) is 0 Å². The molecule has 0 atom stereocenters. The Balaban J connectivity index is 1.85. The first-order valence-electron chi connectivity index (χ1n) is 8.32. The van der Waals surface area contributed by atoms with Gasteiger partial charge >= 0.3 is 0 Å². The Morgan fingerprint density at radius 3 is 2.74 bits per heavy atom. The van der Waals surface area contributed by atoms with Crippen LogP contribution in [0.4, 0.5) is 11.5 Å². The molecule has 27 heavy (non-hydrogen) atoms. The first kappa shape index (κ1) is 16.5. The second-order valence-corrected chi connectivity index (χ2v) is 5.81. The summed E-state index contributed by atoms with van der Waals surface area (Å²) in [5.74, 6) is 1.36. The van der Waals surface area contributed by atoms with Crippen LogP contribution in [0.2, 0.25) is 0 Å². The van der Waals surface area contributed by atoms with E-state index < -0.39 is 0 Å². The SMILES string of the molecule is COc1cccc(-c2nc3ccccn3c2N=Nc2cccc(C#N)c2)c1. The van der Waals surface area contributed by atoms with Crippen LogP contribution in [0.15, 0.2) is 83.2 Å². The maximum absolute atomic E-state index is 9.05. The van der Waals surface area contributed by atoms with E-state index in [9.17, 15) is 0 Å². The van der Waals surface area contributed by atoms with Gasteiger partial charge in [-0.25, -0.2) is 4.98 Å². The minimum Gasteiger partial charge on any atom is -0.497 e. The molecule has 0 fully saturated rings. The number of nitrogens with zero attached hydrogens (tertiary/aromatic N) is 5. The number of aromatic nitrogens is 2. The third-order valence-electron chi connectivity index (χ3n) is 4.08. The summed E-state index contributed by atoms with van der Waals surface area (Å²) in [6.07, 6.45) is 1.89. The van der Waals surface area contributed by atoms with E-state index in [1.165, 1.54) is 0 Å². The number of benzene rings is 2. The molecule has 6 heteroatoms. The fourth-order valence-electron chi connectivity index (χ4n) is 2.79. The molecule has 2 aromatic heterocycles. The highest BCUT2D eigenvalue weighted by Crippen LogP contribution is 2.33. The third-order valence-corrected chi connectivity index (χ3v) is 4.08. The Labute approximate surface area is 156 Å². The molecular weight excluding hydrogens is 338 g/mol. The molecule has 0 aliphatic rings. The summed E-state index contributed by atoms with van der Waals surface area (Å²) in [6.45, 7) is 0. The largest absolute Gasteiger partial charge is 0.497 e. The molecule has 6 nitrogen and oxygen atoms in total. The zero-order valence-electron chi connectivity index (χ0n) is 14.6. The number of nitriles is 1. The molecule has 4 aromatic rings. The molecule has 0 saturated carbocycles. The number of hydrogen-bond donors (Lipinski definition) is 0. The fraction of sp³-hybridized carbons (Fsp3) is 0.0476. The van der Waals surface area contributed by atoms with Crippen LogP contribution in [-0.2, 0) is 0 Å². The highest BCUT2D eigenvalue weighted by Gasteiger charge is 2.14. The van der Waals surface area contributed by atoms with Gasteiger partial charge in [0.15, 0.2) is 5.82 Å². The zero-order chi connectivity index (χ0) is 18.6. The zero-order valence-corrected chi connectivity index (χ0v) is 14.6. The molecule has 0 N–H and O–H groups in total. The number of fused-ring (bicyclic) bond motifs is 1. The molecule has 130 valence electrons. The van der Waals surface area contributed by atoms with E-state index in [0.717, 1.165) is 17.0 Å². The van der Waals surface area contributed by atoms with Crippen LogP contribution in [0.1, 0.15) is 5.56 Å². The first-order valence-corrected chi connectivity index (χ1v) is 8.32. The summed E-state index contributed by atoms with van der Waals surface area (Å²) in [5, 5.41) is 17.8. The van der Waals surface area contributed by atoms with Gasteiger partial charge in [-0.3, -0.25) is 4.40 Å². The van der Waals surface area contributed by atoms with Crippen molar-refractivity contribution < 1.29 is 4.74 Å². The summed E-state index contributed by atoms with van der Waals surface area (Å²) >= 11 is 0. The summed E-state index contributed by atoms with van der Waals surface area (Å²) in [5.41, 5.74) is 3.52. The summed E-state index contributed by atoms with van der Waals surface area (Å²) in [6, 6.07) is 22.5. The van der Waals surface area contributed by atoms with Crippen molar-refractivity contribution in [1.29, 1.82) is 5.26 Å². The number of ether oxygens (including phenoxy) is 1. The Kier molecular flexibility index (Phi) is 4.33. The Morgan fingerprint density at radius 2 is 1.89 bits per heavy atom. The number of methoxy groups -OCH3 is 1. The highest BCUT2D eigenvalue weighted by molar-refractivity contribution is 5.75. The molecule has 0 amide bonds. The van der Waals surface area contributed by atoms with Gasteiger partial charge in [0, 0.05) is 11.8 Å². The average molecular weight is 353 g/mol. The van der Waals surface area contributed by atoms with Crippen LogP contribution in [0, 0.1) is 11.3 Å². The Bertz CT molecular complexity index is 1190. The van der Waals surface area contributed by atoms with Gasteiger partial charge in [-0.1, -0.05) is 24.3 Å². The molecule has 4 rings (SSSR count). The lowest BCUT2D eigenvalue weighted by Crippen LogP contribution is -1.84. The van der Waals surface area contributed by atoms with Crippen molar-refractivity contribution in [2.45, 2.75) is 0 Å². The number of rotatable bonds is 4. The monoisotopic (exact) mass is 353 g/mol. The van der Waals surface area contributed by atoms with Crippen molar-refractivity contribution in [2.24, 2.45) is 10.2 Å². The van der Waals surface area contributed by atoms with Gasteiger partial charge < -0.3 is 4.74 Å². The number of hydrogen-bond acceptors (Lipinski definition) is 5. The Morgan fingerprint density at radius 1 is 1.00 bits per heavy atom. The predicted octanol–water partition coefficient (Wildman–Crippen LogP) is 5.30. The second kappa shape index (κ2) is 7.10. The van der Waals surface area contributed by atoms with Gasteiger partial charge in [0.25, 0.3) is 0 Å². The van der Waals surface area contributed by atoms with Gasteiger partial charge in [0.1, 0.15) is 17.1 Å². The average Bonchev–Trinajstić information content (AvgIpc) is 3.11. The number of pyridine rings is 1. The minimum absolute atomic E-state index is 0.539. The lowest BCUT2D eigenvalue weighted by atomic mass is 10.1. The third kappa shape index (κ3) is 3.26. The summed E-state index contributed by atoms with van der Waals surface area (Å²) < 4.78 is 7.21. The molecule has 0 radical (unpaired) electrons. The quantitative estimate of drug-likeness (QED) is 0.467. The van der Waals surface area contributed by atoms with Crippen molar-refractivity contribution in [3.05, 3.63) is 78.5 Å². The molecule has 0 aliphatic heterocycles. The van der Waals surface area contributed by atoms with Gasteiger partial charge in [-0.05, 0) is 42.5 Å². The molecule has 2 aromatic carbocycles. The molecule has 0 aliphatic carbocycles. The first-order chi connectivity index (χ1) is 13.3. The summed E-state index contributed by atoms with van der Waals surface area (Å²) in [4.78, 5) is 4.71. The van der Waals surface area contributed by atoms with Crippen LogP contribution in [-0.4, -0.2) is 16.5 Å². The lowest BCUT2D eigenvalue weighted by Gasteiger charge is -2.03. The van der Waals surface area contributed by atoms with Gasteiger partial charge in [-0.2, -0.15) is 5.26 Å². The van der Waals surface area contributed by atoms with E-state index in [1.807, 2.05) is 53.1 Å². The van der Waals surface area contributed by atoms with E-state index >= 15 is 0 Å². The fourth-order valence-corrected chi connectivity index (χ4v) is 2.79. The standard InChI is InChI=1S/C21H15N5O/c1-27-18-9-5-7-16(13-18)20-21(26-11-3-2-10-19(26)23-20)25-24-17-8-4-6-15(12-17)14-22/h2-13H,1H3.